The topological polar surface area (TPSA) is 73.9 Å². The minimum atomic E-state index is -0.638. The second kappa shape index (κ2) is 8.14. The van der Waals surface area contributed by atoms with Crippen LogP contribution < -0.4 is 14.8 Å². The Hall–Kier alpha value is -2.99. The number of hydrogen-bond donors (Lipinski definition) is 1. The summed E-state index contributed by atoms with van der Waals surface area (Å²) in [5.74, 6) is -0.0382. The average Bonchev–Trinajstić information content (AvgIpc) is 3.10. The van der Waals surface area contributed by atoms with Crippen LogP contribution in [0.2, 0.25) is 5.02 Å². The summed E-state index contributed by atoms with van der Waals surface area (Å²) < 4.78 is 15.5. The second-order valence-electron chi connectivity index (χ2n) is 5.99. The molecule has 0 unspecified atom stereocenters. The van der Waals surface area contributed by atoms with Gasteiger partial charge in [0, 0.05) is 11.8 Å². The zero-order valence-corrected chi connectivity index (χ0v) is 15.6. The smallest absolute Gasteiger partial charge is 0.331 e. The van der Waals surface area contributed by atoms with E-state index in [9.17, 15) is 9.59 Å². The van der Waals surface area contributed by atoms with E-state index in [1.54, 1.807) is 12.1 Å². The first-order valence-electron chi connectivity index (χ1n) is 8.24. The van der Waals surface area contributed by atoms with Gasteiger partial charge in [-0.2, -0.15) is 0 Å². The Kier molecular flexibility index (Phi) is 5.66. The molecule has 2 aromatic carbocycles. The lowest BCUT2D eigenvalue weighted by Gasteiger charge is -2.11. The maximum absolute atomic E-state index is 12.0. The van der Waals surface area contributed by atoms with E-state index in [0.717, 1.165) is 16.8 Å². The van der Waals surface area contributed by atoms with Gasteiger partial charge in [0.15, 0.2) is 18.1 Å². The van der Waals surface area contributed by atoms with Crippen LogP contribution in [0.3, 0.4) is 0 Å². The van der Waals surface area contributed by atoms with Crippen molar-refractivity contribution in [2.75, 3.05) is 18.7 Å². The molecule has 0 saturated heterocycles. The van der Waals surface area contributed by atoms with Crippen LogP contribution in [0.1, 0.15) is 16.7 Å². The van der Waals surface area contributed by atoms with Crippen LogP contribution in [0.25, 0.3) is 6.08 Å². The minimum Gasteiger partial charge on any atom is -0.454 e. The van der Waals surface area contributed by atoms with Gasteiger partial charge in [-0.3, -0.25) is 4.79 Å². The van der Waals surface area contributed by atoms with E-state index in [2.05, 4.69) is 5.32 Å². The number of fused-ring (bicyclic) bond motifs is 1. The summed E-state index contributed by atoms with van der Waals surface area (Å²) in [5.41, 5.74) is 3.26. The van der Waals surface area contributed by atoms with Gasteiger partial charge in [0.1, 0.15) is 0 Å². The van der Waals surface area contributed by atoms with Crippen molar-refractivity contribution < 1.29 is 23.8 Å². The number of carbonyl (C=O) groups is 2. The SMILES string of the molecule is Cc1cccc(C)c1NC(=O)COC(=O)/C=C/c1cc(Cl)c2c(c1)OCO2. The third-order valence-electron chi connectivity index (χ3n) is 3.95. The van der Waals surface area contributed by atoms with E-state index in [0.29, 0.717) is 22.1 Å². The highest BCUT2D eigenvalue weighted by Gasteiger charge is 2.17. The molecule has 1 aliphatic heterocycles. The number of rotatable bonds is 5. The summed E-state index contributed by atoms with van der Waals surface area (Å²) in [6.45, 7) is 3.53. The molecule has 140 valence electrons. The number of esters is 1. The van der Waals surface area contributed by atoms with Crippen molar-refractivity contribution in [2.45, 2.75) is 13.8 Å². The third-order valence-corrected chi connectivity index (χ3v) is 4.23. The summed E-state index contributed by atoms with van der Waals surface area (Å²) in [5, 5.41) is 3.15. The maximum Gasteiger partial charge on any atom is 0.331 e. The number of aryl methyl sites for hydroxylation is 2. The maximum atomic E-state index is 12.0. The first-order chi connectivity index (χ1) is 12.9. The van der Waals surface area contributed by atoms with Gasteiger partial charge >= 0.3 is 5.97 Å². The fourth-order valence-electron chi connectivity index (χ4n) is 2.62. The highest BCUT2D eigenvalue weighted by molar-refractivity contribution is 6.32. The Balaban J connectivity index is 1.54. The lowest BCUT2D eigenvalue weighted by molar-refractivity contribution is -0.142. The lowest BCUT2D eigenvalue weighted by Crippen LogP contribution is -2.21. The number of nitrogens with one attached hydrogen (secondary N) is 1. The van der Waals surface area contributed by atoms with Crippen molar-refractivity contribution in [3.8, 4) is 11.5 Å². The van der Waals surface area contributed by atoms with Crippen LogP contribution in [0.5, 0.6) is 11.5 Å². The van der Waals surface area contributed by atoms with Gasteiger partial charge in [-0.15, -0.1) is 0 Å². The largest absolute Gasteiger partial charge is 0.454 e. The summed E-state index contributed by atoms with van der Waals surface area (Å²) in [4.78, 5) is 23.9. The molecule has 1 amide bonds. The zero-order chi connectivity index (χ0) is 19.4. The van der Waals surface area contributed by atoms with Crippen molar-refractivity contribution >= 4 is 35.2 Å². The average molecular weight is 388 g/mol. The molecular formula is C20H18ClNO5. The molecule has 27 heavy (non-hydrogen) atoms. The highest BCUT2D eigenvalue weighted by atomic mass is 35.5. The number of benzene rings is 2. The zero-order valence-electron chi connectivity index (χ0n) is 14.9. The van der Waals surface area contributed by atoms with Crippen LogP contribution in [0.15, 0.2) is 36.4 Å². The molecule has 0 spiro atoms. The monoisotopic (exact) mass is 387 g/mol. The van der Waals surface area contributed by atoms with Crippen molar-refractivity contribution in [1.29, 1.82) is 0 Å². The standard InChI is InChI=1S/C20H18ClNO5/c1-12-4-3-5-13(2)19(12)22-17(23)10-25-18(24)7-6-14-8-15(21)20-16(9-14)26-11-27-20/h3-9H,10-11H2,1-2H3,(H,22,23)/b7-6+. The summed E-state index contributed by atoms with van der Waals surface area (Å²) >= 11 is 6.09. The summed E-state index contributed by atoms with van der Waals surface area (Å²) in [6, 6.07) is 9.05. The quantitative estimate of drug-likeness (QED) is 0.622. The molecule has 6 nitrogen and oxygen atoms in total. The van der Waals surface area contributed by atoms with E-state index in [1.807, 2.05) is 32.0 Å². The molecule has 2 aromatic rings. The Morgan fingerprint density at radius 1 is 1.22 bits per heavy atom. The highest BCUT2D eigenvalue weighted by Crippen LogP contribution is 2.40. The number of ether oxygens (including phenoxy) is 3. The van der Waals surface area contributed by atoms with Gasteiger partial charge in [0.05, 0.1) is 5.02 Å². The first kappa shape index (κ1) is 18.8. The molecule has 1 N–H and O–H groups in total. The second-order valence-corrected chi connectivity index (χ2v) is 6.40. The van der Waals surface area contributed by atoms with Gasteiger partial charge in [-0.1, -0.05) is 29.8 Å². The van der Waals surface area contributed by atoms with E-state index >= 15 is 0 Å². The van der Waals surface area contributed by atoms with Crippen molar-refractivity contribution in [2.24, 2.45) is 0 Å². The molecule has 0 fully saturated rings. The molecule has 1 heterocycles. The number of carbonyl (C=O) groups excluding carboxylic acids is 2. The molecule has 0 radical (unpaired) electrons. The molecular weight excluding hydrogens is 370 g/mol. The molecule has 0 saturated carbocycles. The minimum absolute atomic E-state index is 0.111. The van der Waals surface area contributed by atoms with Crippen molar-refractivity contribution in [1.82, 2.24) is 0 Å². The fourth-order valence-corrected chi connectivity index (χ4v) is 2.89. The predicted molar refractivity (Wildman–Crippen MR) is 102 cm³/mol. The van der Waals surface area contributed by atoms with Gasteiger partial charge in [0.2, 0.25) is 6.79 Å². The summed E-state index contributed by atoms with van der Waals surface area (Å²) in [6.07, 6.45) is 2.75. The van der Waals surface area contributed by atoms with Gasteiger partial charge in [0.25, 0.3) is 5.91 Å². The van der Waals surface area contributed by atoms with Crippen molar-refractivity contribution in [3.05, 3.63) is 58.1 Å². The summed E-state index contributed by atoms with van der Waals surface area (Å²) in [7, 11) is 0. The van der Waals surface area contributed by atoms with Crippen LogP contribution in [0, 0.1) is 13.8 Å². The number of hydrogen-bond acceptors (Lipinski definition) is 5. The number of para-hydroxylation sites is 1. The van der Waals surface area contributed by atoms with E-state index in [-0.39, 0.29) is 13.4 Å². The molecule has 0 aliphatic carbocycles. The molecule has 7 heteroatoms. The molecule has 0 aromatic heterocycles. The Morgan fingerprint density at radius 2 is 1.96 bits per heavy atom. The van der Waals surface area contributed by atoms with E-state index < -0.39 is 11.9 Å². The van der Waals surface area contributed by atoms with Crippen LogP contribution in [0.4, 0.5) is 5.69 Å². The molecule has 0 bridgehead atoms. The van der Waals surface area contributed by atoms with Crippen LogP contribution >= 0.6 is 11.6 Å². The Morgan fingerprint density at radius 3 is 2.70 bits per heavy atom. The lowest BCUT2D eigenvalue weighted by atomic mass is 10.1. The Labute approximate surface area is 161 Å². The fraction of sp³-hybridized carbons (Fsp3) is 0.200. The van der Waals surface area contributed by atoms with Gasteiger partial charge in [-0.05, 0) is 48.7 Å². The predicted octanol–water partition coefficient (Wildman–Crippen LogP) is 3.88. The normalized spacial score (nSPS) is 12.3. The van der Waals surface area contributed by atoms with E-state index in [4.69, 9.17) is 25.8 Å². The molecule has 3 rings (SSSR count). The number of amides is 1. The van der Waals surface area contributed by atoms with Crippen LogP contribution in [-0.4, -0.2) is 25.3 Å². The van der Waals surface area contributed by atoms with Crippen molar-refractivity contribution in [3.63, 3.8) is 0 Å². The first-order valence-corrected chi connectivity index (χ1v) is 8.62. The third kappa shape index (κ3) is 4.60. The number of halogens is 1. The van der Waals surface area contributed by atoms with Crippen LogP contribution in [-0.2, 0) is 14.3 Å². The molecule has 0 atom stereocenters. The number of anilines is 1. The Bertz CT molecular complexity index is 903. The van der Waals surface area contributed by atoms with Gasteiger partial charge < -0.3 is 19.5 Å². The molecule has 1 aliphatic rings. The van der Waals surface area contributed by atoms with Gasteiger partial charge in [-0.25, -0.2) is 4.79 Å². The van der Waals surface area contributed by atoms with E-state index in [1.165, 1.54) is 12.2 Å².